The molecule has 1 aliphatic rings. The summed E-state index contributed by atoms with van der Waals surface area (Å²) in [5, 5.41) is 0. The third-order valence-electron chi connectivity index (χ3n) is 3.72. The first-order valence-corrected chi connectivity index (χ1v) is 9.13. The zero-order valence-corrected chi connectivity index (χ0v) is 17.2. The van der Waals surface area contributed by atoms with Crippen molar-refractivity contribution >= 4 is 29.5 Å². The first-order valence-electron chi connectivity index (χ1n) is 7.42. The molecular weight excluding hydrogens is 448 g/mol. The monoisotopic (exact) mass is 471 g/mol. The Morgan fingerprint density at radius 3 is 1.86 bits per heavy atom. The van der Waals surface area contributed by atoms with Gasteiger partial charge < -0.3 is 24.0 Å². The van der Waals surface area contributed by atoms with Crippen molar-refractivity contribution in [3.05, 3.63) is 65.7 Å². The summed E-state index contributed by atoms with van der Waals surface area (Å²) in [4.78, 5) is 0. The molecule has 0 radical (unpaired) electrons. The van der Waals surface area contributed by atoms with Crippen molar-refractivity contribution in [2.24, 2.45) is 0 Å². The molecule has 0 amide bonds. The summed E-state index contributed by atoms with van der Waals surface area (Å²) < 4.78 is 4.04. The molecule has 1 nitrogen and oxygen atoms in total. The summed E-state index contributed by atoms with van der Waals surface area (Å²) >= 11 is 0.435. The van der Waals surface area contributed by atoms with Gasteiger partial charge in [-0.05, 0) is 0 Å². The van der Waals surface area contributed by atoms with E-state index in [-0.39, 0.29) is 24.0 Å². The van der Waals surface area contributed by atoms with Crippen LogP contribution in [0, 0.1) is 0 Å². The fourth-order valence-electron chi connectivity index (χ4n) is 2.64. The van der Waals surface area contributed by atoms with E-state index in [9.17, 15) is 0 Å². The second-order valence-corrected chi connectivity index (χ2v) is 8.79. The van der Waals surface area contributed by atoms with E-state index in [0.29, 0.717) is 15.0 Å². The number of hydrogen-bond acceptors (Lipinski definition) is 0. The molecule has 22 heavy (non-hydrogen) atoms. The van der Waals surface area contributed by atoms with Crippen LogP contribution in [0.4, 0.5) is 0 Å². The summed E-state index contributed by atoms with van der Waals surface area (Å²) in [6.07, 6.45) is 3.56. The zero-order valence-electron chi connectivity index (χ0n) is 13.3. The summed E-state index contributed by atoms with van der Waals surface area (Å²) in [6.45, 7) is 1.17. The van der Waals surface area contributed by atoms with Crippen molar-refractivity contribution < 1.29 is 28.5 Å². The molecule has 0 saturated carbocycles. The van der Waals surface area contributed by atoms with E-state index in [1.807, 2.05) is 0 Å². The number of benzene rings is 2. The van der Waals surface area contributed by atoms with Gasteiger partial charge in [-0.3, -0.25) is 0 Å². The maximum Gasteiger partial charge on any atom is -1.00 e. The van der Waals surface area contributed by atoms with Crippen molar-refractivity contribution in [2.75, 3.05) is 27.7 Å². The Labute approximate surface area is 157 Å². The van der Waals surface area contributed by atoms with Gasteiger partial charge >= 0.3 is 134 Å². The van der Waals surface area contributed by atoms with Gasteiger partial charge in [0, 0.05) is 0 Å². The Morgan fingerprint density at radius 1 is 0.864 bits per heavy atom. The zero-order chi connectivity index (χ0) is 14.9. The molecule has 2 aromatic rings. The largest absolute Gasteiger partial charge is 1.00 e. The first-order chi connectivity index (χ1) is 10.0. The van der Waals surface area contributed by atoms with Gasteiger partial charge in [-0.15, -0.1) is 0 Å². The van der Waals surface area contributed by atoms with Crippen LogP contribution in [0.3, 0.4) is 0 Å². The van der Waals surface area contributed by atoms with Crippen molar-refractivity contribution in [3.63, 3.8) is 0 Å². The van der Waals surface area contributed by atoms with E-state index in [4.69, 9.17) is 0 Å². The minimum atomic E-state index is 0. The van der Waals surface area contributed by atoms with Crippen LogP contribution in [0.5, 0.6) is 0 Å². The molecular formula is C19H22INSe. The van der Waals surface area contributed by atoms with Crippen LogP contribution in [0.25, 0.3) is 5.57 Å². The predicted octanol–water partition coefficient (Wildman–Crippen LogP) is -0.813. The van der Waals surface area contributed by atoms with E-state index >= 15 is 0 Å². The van der Waals surface area contributed by atoms with E-state index in [1.165, 1.54) is 32.2 Å². The number of quaternary nitrogens is 1. The minimum absolute atomic E-state index is 0. The van der Waals surface area contributed by atoms with Gasteiger partial charge in [0.25, 0.3) is 0 Å². The van der Waals surface area contributed by atoms with Crippen molar-refractivity contribution in [1.82, 2.24) is 0 Å². The number of rotatable bonds is 3. The van der Waals surface area contributed by atoms with Gasteiger partial charge in [-0.1, -0.05) is 0 Å². The Kier molecular flexibility index (Phi) is 5.89. The standard InChI is InChI=1S/C19H22NSe.HI/c1-20(2,3)14-8-11-15-16-9-4-6-12-18(16)21-19-13-7-5-10-17(15)19;/h4-7,9-13H,8,14H2,1-3H3;1H/q+1;/p-1. The van der Waals surface area contributed by atoms with Crippen LogP contribution in [-0.4, -0.2) is 47.1 Å². The quantitative estimate of drug-likeness (QED) is 0.267. The van der Waals surface area contributed by atoms with Crippen molar-refractivity contribution in [3.8, 4) is 0 Å². The molecule has 0 N–H and O–H groups in total. The summed E-state index contributed by atoms with van der Waals surface area (Å²) in [6, 6.07) is 17.8. The Bertz CT molecular complexity index is 638. The second-order valence-electron chi connectivity index (χ2n) is 6.51. The van der Waals surface area contributed by atoms with Gasteiger partial charge in [-0.2, -0.15) is 0 Å². The maximum absolute atomic E-state index is 2.44. The third kappa shape index (κ3) is 4.02. The number of fused-ring (bicyclic) bond motifs is 2. The van der Waals surface area contributed by atoms with Crippen LogP contribution in [0.2, 0.25) is 0 Å². The molecule has 2 aromatic carbocycles. The van der Waals surface area contributed by atoms with Gasteiger partial charge in [-0.25, -0.2) is 0 Å². The smallest absolute Gasteiger partial charge is 1.00 e. The Hall–Kier alpha value is -0.611. The molecule has 0 bridgehead atoms. The molecule has 0 unspecified atom stereocenters. The van der Waals surface area contributed by atoms with Crippen molar-refractivity contribution in [1.29, 1.82) is 0 Å². The van der Waals surface area contributed by atoms with E-state index in [2.05, 4.69) is 75.7 Å². The summed E-state index contributed by atoms with van der Waals surface area (Å²) in [7, 11) is 6.76. The van der Waals surface area contributed by atoms with Crippen LogP contribution >= 0.6 is 0 Å². The predicted molar refractivity (Wildman–Crippen MR) is 92.5 cm³/mol. The second kappa shape index (κ2) is 7.31. The molecule has 1 aliphatic heterocycles. The fourth-order valence-corrected chi connectivity index (χ4v) is 4.96. The molecule has 116 valence electrons. The average molecular weight is 470 g/mol. The Balaban J connectivity index is 0.00000176. The van der Waals surface area contributed by atoms with Gasteiger partial charge in [0.05, 0.1) is 0 Å². The Morgan fingerprint density at radius 2 is 1.36 bits per heavy atom. The van der Waals surface area contributed by atoms with Crippen LogP contribution in [0.1, 0.15) is 17.5 Å². The number of hydrogen-bond donors (Lipinski definition) is 0. The van der Waals surface area contributed by atoms with E-state index in [0.717, 1.165) is 10.9 Å². The molecule has 1 heterocycles. The van der Waals surface area contributed by atoms with Gasteiger partial charge in [0.1, 0.15) is 0 Å². The van der Waals surface area contributed by atoms with Crippen molar-refractivity contribution in [2.45, 2.75) is 6.42 Å². The molecule has 0 aliphatic carbocycles. The van der Waals surface area contributed by atoms with Gasteiger partial charge in [0.2, 0.25) is 0 Å². The summed E-state index contributed by atoms with van der Waals surface area (Å²) in [5.74, 6) is 0. The number of nitrogens with zero attached hydrogens (tertiary/aromatic N) is 1. The molecule has 0 aromatic heterocycles. The normalized spacial score (nSPS) is 13.0. The maximum atomic E-state index is 2.44. The van der Waals surface area contributed by atoms with Gasteiger partial charge in [0.15, 0.2) is 0 Å². The summed E-state index contributed by atoms with van der Waals surface area (Å²) in [5.41, 5.74) is 4.32. The molecule has 3 heteroatoms. The van der Waals surface area contributed by atoms with E-state index < -0.39 is 0 Å². The molecule has 3 rings (SSSR count). The first kappa shape index (κ1) is 17.7. The third-order valence-corrected chi connectivity index (χ3v) is 6.14. The van der Waals surface area contributed by atoms with E-state index in [1.54, 1.807) is 0 Å². The SMILES string of the molecule is C[N+](C)(C)CCC=C1c2ccccc2[Se]c2ccccc21.[I-]. The van der Waals surface area contributed by atoms with Crippen LogP contribution in [0.15, 0.2) is 54.6 Å². The molecule has 0 fully saturated rings. The average Bonchev–Trinajstić information content (AvgIpc) is 2.45. The fraction of sp³-hybridized carbons (Fsp3) is 0.263. The minimum Gasteiger partial charge on any atom is -1.00 e. The number of halogens is 1. The molecule has 0 atom stereocenters. The molecule has 0 spiro atoms. The van der Waals surface area contributed by atoms with Crippen LogP contribution < -0.4 is 32.9 Å². The van der Waals surface area contributed by atoms with Crippen LogP contribution in [-0.2, 0) is 0 Å². The topological polar surface area (TPSA) is 0 Å². The molecule has 0 saturated heterocycles.